The van der Waals surface area contributed by atoms with Gasteiger partial charge in [0.2, 0.25) is 11.8 Å². The van der Waals surface area contributed by atoms with E-state index < -0.39 is 0 Å². The van der Waals surface area contributed by atoms with Crippen LogP contribution in [0.3, 0.4) is 0 Å². The molecule has 1 saturated heterocycles. The standard InChI is InChI=1S/C12H12N4O2/c13-7-3-8-5-14-6-16(8)10(4-7)9-1-2-11(17)15-12(9)18/h3-6,9H,1-2,13H2,(H,15,17,18). The second-order valence-electron chi connectivity index (χ2n) is 4.41. The zero-order valence-corrected chi connectivity index (χ0v) is 9.59. The van der Waals surface area contributed by atoms with Crippen LogP contribution in [0.25, 0.3) is 5.52 Å². The number of amides is 2. The number of pyridine rings is 1. The van der Waals surface area contributed by atoms with Crippen LogP contribution in [0.2, 0.25) is 0 Å². The Labute approximate surface area is 103 Å². The van der Waals surface area contributed by atoms with E-state index in [-0.39, 0.29) is 17.7 Å². The van der Waals surface area contributed by atoms with Crippen molar-refractivity contribution < 1.29 is 9.59 Å². The highest BCUT2D eigenvalue weighted by atomic mass is 16.2. The van der Waals surface area contributed by atoms with Crippen LogP contribution in [-0.2, 0) is 9.59 Å². The van der Waals surface area contributed by atoms with Crippen LogP contribution in [0.4, 0.5) is 5.69 Å². The zero-order chi connectivity index (χ0) is 12.7. The van der Waals surface area contributed by atoms with Crippen molar-refractivity contribution in [1.82, 2.24) is 14.7 Å². The quantitative estimate of drug-likeness (QED) is 0.712. The van der Waals surface area contributed by atoms with Crippen LogP contribution >= 0.6 is 0 Å². The van der Waals surface area contributed by atoms with Gasteiger partial charge in [0.25, 0.3) is 0 Å². The highest BCUT2D eigenvalue weighted by molar-refractivity contribution is 6.00. The van der Waals surface area contributed by atoms with E-state index in [1.807, 2.05) is 4.40 Å². The summed E-state index contributed by atoms with van der Waals surface area (Å²) in [5.41, 5.74) is 8.02. The number of fused-ring (bicyclic) bond motifs is 1. The van der Waals surface area contributed by atoms with Crippen molar-refractivity contribution in [1.29, 1.82) is 0 Å². The molecule has 2 aromatic rings. The molecule has 1 unspecified atom stereocenters. The number of piperidine rings is 1. The topological polar surface area (TPSA) is 89.5 Å². The van der Waals surface area contributed by atoms with Gasteiger partial charge < -0.3 is 10.1 Å². The molecular formula is C12H12N4O2. The minimum atomic E-state index is -0.358. The fourth-order valence-corrected chi connectivity index (χ4v) is 2.32. The maximum absolute atomic E-state index is 11.9. The van der Waals surface area contributed by atoms with E-state index >= 15 is 0 Å². The molecule has 18 heavy (non-hydrogen) atoms. The smallest absolute Gasteiger partial charge is 0.235 e. The van der Waals surface area contributed by atoms with Crippen molar-refractivity contribution in [3.63, 3.8) is 0 Å². The fourth-order valence-electron chi connectivity index (χ4n) is 2.32. The Morgan fingerprint density at radius 1 is 1.39 bits per heavy atom. The first-order valence-electron chi connectivity index (χ1n) is 5.70. The lowest BCUT2D eigenvalue weighted by molar-refractivity contribution is -0.134. The molecule has 3 rings (SSSR count). The first kappa shape index (κ1) is 10.8. The molecule has 0 aliphatic carbocycles. The summed E-state index contributed by atoms with van der Waals surface area (Å²) in [7, 11) is 0. The summed E-state index contributed by atoms with van der Waals surface area (Å²) in [6.45, 7) is 0. The Bertz CT molecular complexity index is 647. The second-order valence-corrected chi connectivity index (χ2v) is 4.41. The molecule has 92 valence electrons. The van der Waals surface area contributed by atoms with Gasteiger partial charge in [-0.25, -0.2) is 4.98 Å². The van der Waals surface area contributed by atoms with Crippen molar-refractivity contribution in [2.45, 2.75) is 18.8 Å². The SMILES string of the molecule is Nc1cc(C2CCC(=O)NC2=O)n2cncc2c1. The Kier molecular flexibility index (Phi) is 2.29. The van der Waals surface area contributed by atoms with Gasteiger partial charge in [-0.2, -0.15) is 0 Å². The third kappa shape index (κ3) is 1.62. The number of nitrogen functional groups attached to an aromatic ring is 1. The van der Waals surface area contributed by atoms with Gasteiger partial charge in [0.05, 0.1) is 24.0 Å². The number of aromatic nitrogens is 2. The molecule has 1 aliphatic rings. The second kappa shape index (κ2) is 3.83. The molecule has 0 bridgehead atoms. The van der Waals surface area contributed by atoms with Crippen molar-refractivity contribution in [2.24, 2.45) is 0 Å². The Hall–Kier alpha value is -2.37. The third-order valence-corrected chi connectivity index (χ3v) is 3.17. The van der Waals surface area contributed by atoms with E-state index in [1.165, 1.54) is 0 Å². The molecule has 1 fully saturated rings. The molecule has 2 aromatic heterocycles. The molecule has 3 heterocycles. The first-order valence-corrected chi connectivity index (χ1v) is 5.70. The van der Waals surface area contributed by atoms with Gasteiger partial charge in [-0.15, -0.1) is 0 Å². The monoisotopic (exact) mass is 244 g/mol. The maximum atomic E-state index is 11.9. The van der Waals surface area contributed by atoms with Gasteiger partial charge >= 0.3 is 0 Å². The number of carbonyl (C=O) groups excluding carboxylic acids is 2. The first-order chi connectivity index (χ1) is 8.65. The minimum absolute atomic E-state index is 0.220. The van der Waals surface area contributed by atoms with Gasteiger partial charge in [0.15, 0.2) is 0 Å². The predicted molar refractivity (Wildman–Crippen MR) is 64.7 cm³/mol. The highest BCUT2D eigenvalue weighted by Gasteiger charge is 2.29. The van der Waals surface area contributed by atoms with Crippen LogP contribution in [0.1, 0.15) is 24.5 Å². The largest absolute Gasteiger partial charge is 0.399 e. The molecule has 3 N–H and O–H groups in total. The van der Waals surface area contributed by atoms with E-state index in [0.717, 1.165) is 11.2 Å². The molecule has 1 aliphatic heterocycles. The van der Waals surface area contributed by atoms with E-state index in [1.54, 1.807) is 24.7 Å². The number of nitrogens with zero attached hydrogens (tertiary/aromatic N) is 2. The normalized spacial score (nSPS) is 20.1. The summed E-state index contributed by atoms with van der Waals surface area (Å²) in [4.78, 5) is 27.1. The van der Waals surface area contributed by atoms with Crippen LogP contribution in [0, 0.1) is 0 Å². The van der Waals surface area contributed by atoms with Crippen molar-refractivity contribution in [3.8, 4) is 0 Å². The number of anilines is 1. The van der Waals surface area contributed by atoms with Crippen LogP contribution < -0.4 is 11.1 Å². The third-order valence-electron chi connectivity index (χ3n) is 3.17. The molecule has 0 spiro atoms. The Morgan fingerprint density at radius 2 is 2.22 bits per heavy atom. The summed E-state index contributed by atoms with van der Waals surface area (Å²) in [6, 6.07) is 3.55. The van der Waals surface area contributed by atoms with Crippen LogP contribution in [-0.4, -0.2) is 21.2 Å². The molecular weight excluding hydrogens is 232 g/mol. The summed E-state index contributed by atoms with van der Waals surface area (Å²) < 4.78 is 1.83. The van der Waals surface area contributed by atoms with Gasteiger partial charge in [-0.3, -0.25) is 14.9 Å². The van der Waals surface area contributed by atoms with Crippen molar-refractivity contribution >= 4 is 23.0 Å². The fraction of sp³-hybridized carbons (Fsp3) is 0.250. The summed E-state index contributed by atoms with van der Waals surface area (Å²) >= 11 is 0. The van der Waals surface area contributed by atoms with Crippen molar-refractivity contribution in [3.05, 3.63) is 30.4 Å². The molecule has 6 heteroatoms. The average Bonchev–Trinajstić information content (AvgIpc) is 2.76. The number of hydrogen-bond donors (Lipinski definition) is 2. The number of nitrogens with two attached hydrogens (primary N) is 1. The Balaban J connectivity index is 2.11. The lowest BCUT2D eigenvalue weighted by atomic mass is 9.94. The van der Waals surface area contributed by atoms with Gasteiger partial charge in [0.1, 0.15) is 0 Å². The number of hydrogen-bond acceptors (Lipinski definition) is 4. The summed E-state index contributed by atoms with van der Waals surface area (Å²) in [5.74, 6) is -0.850. The van der Waals surface area contributed by atoms with Gasteiger partial charge in [0, 0.05) is 17.8 Å². The Morgan fingerprint density at radius 3 is 3.00 bits per heavy atom. The van der Waals surface area contributed by atoms with Gasteiger partial charge in [-0.05, 0) is 18.6 Å². The maximum Gasteiger partial charge on any atom is 0.235 e. The number of imidazole rings is 1. The zero-order valence-electron chi connectivity index (χ0n) is 9.59. The van der Waals surface area contributed by atoms with E-state index in [4.69, 9.17) is 5.73 Å². The molecule has 0 aromatic carbocycles. The number of imide groups is 1. The lowest BCUT2D eigenvalue weighted by Gasteiger charge is -2.22. The molecule has 6 nitrogen and oxygen atoms in total. The van der Waals surface area contributed by atoms with E-state index in [9.17, 15) is 9.59 Å². The van der Waals surface area contributed by atoms with E-state index in [2.05, 4.69) is 10.3 Å². The number of nitrogens with one attached hydrogen (secondary N) is 1. The molecule has 0 radical (unpaired) electrons. The minimum Gasteiger partial charge on any atom is -0.399 e. The van der Waals surface area contributed by atoms with Crippen LogP contribution in [0.5, 0.6) is 0 Å². The molecule has 0 saturated carbocycles. The lowest BCUT2D eigenvalue weighted by Crippen LogP contribution is -2.40. The summed E-state index contributed by atoms with van der Waals surface area (Å²) in [5, 5.41) is 2.35. The summed E-state index contributed by atoms with van der Waals surface area (Å²) in [6.07, 6.45) is 4.18. The van der Waals surface area contributed by atoms with E-state index in [0.29, 0.717) is 18.5 Å². The predicted octanol–water partition coefficient (Wildman–Crippen LogP) is 0.437. The highest BCUT2D eigenvalue weighted by Crippen LogP contribution is 2.27. The number of carbonyl (C=O) groups is 2. The molecule has 1 atom stereocenters. The molecule has 2 amide bonds. The van der Waals surface area contributed by atoms with Crippen molar-refractivity contribution in [2.75, 3.05) is 5.73 Å². The van der Waals surface area contributed by atoms with Crippen LogP contribution in [0.15, 0.2) is 24.7 Å². The van der Waals surface area contributed by atoms with Gasteiger partial charge in [-0.1, -0.05) is 0 Å². The number of rotatable bonds is 1. The average molecular weight is 244 g/mol.